The minimum atomic E-state index is -1.02. The van der Waals surface area contributed by atoms with Crippen molar-refractivity contribution in [1.82, 2.24) is 4.90 Å². The lowest BCUT2D eigenvalue weighted by atomic mass is 9.97. The number of thioether (sulfide) groups is 1. The summed E-state index contributed by atoms with van der Waals surface area (Å²) in [5, 5.41) is 10.9. The van der Waals surface area contributed by atoms with Gasteiger partial charge in [0.2, 0.25) is 0 Å². The van der Waals surface area contributed by atoms with Crippen molar-refractivity contribution in [2.45, 2.75) is 36.2 Å². The molecule has 2 aromatic rings. The molecule has 33 heavy (non-hydrogen) atoms. The van der Waals surface area contributed by atoms with Crippen LogP contribution in [0.5, 0.6) is 0 Å². The number of amidine groups is 1. The molecule has 3 aliphatic heterocycles. The van der Waals surface area contributed by atoms with E-state index in [1.165, 1.54) is 11.8 Å². The molecular formula is C24H24N2O6S. The number of nitrogens with zero attached hydrogens (tertiary/aromatic N) is 2. The second-order valence-corrected chi connectivity index (χ2v) is 9.12. The predicted molar refractivity (Wildman–Crippen MR) is 122 cm³/mol. The number of likely N-dealkylation sites (tertiary alicyclic amines) is 1. The molecule has 5 atom stereocenters. The van der Waals surface area contributed by atoms with E-state index in [2.05, 4.69) is 4.90 Å². The third-order valence-corrected chi connectivity index (χ3v) is 7.10. The van der Waals surface area contributed by atoms with Gasteiger partial charge in [0.15, 0.2) is 17.4 Å². The van der Waals surface area contributed by atoms with E-state index in [-0.39, 0.29) is 0 Å². The van der Waals surface area contributed by atoms with Crippen LogP contribution < -0.4 is 0 Å². The predicted octanol–water partition coefficient (Wildman–Crippen LogP) is 2.33. The molecule has 1 N–H and O–H groups in total. The summed E-state index contributed by atoms with van der Waals surface area (Å²) in [6, 6.07) is 16.6. The Hall–Kier alpha value is -2.88. The van der Waals surface area contributed by atoms with Crippen LogP contribution >= 0.6 is 11.8 Å². The number of aliphatic hydroxyl groups excluding tert-OH is 1. The van der Waals surface area contributed by atoms with Gasteiger partial charge >= 0.3 is 11.9 Å². The van der Waals surface area contributed by atoms with Gasteiger partial charge in [0.25, 0.3) is 0 Å². The topological polar surface area (TPSA) is 97.7 Å². The van der Waals surface area contributed by atoms with Crippen LogP contribution in [0.15, 0.2) is 65.7 Å². The molecule has 0 spiro atoms. The number of rotatable bonds is 5. The molecule has 0 saturated carbocycles. The van der Waals surface area contributed by atoms with E-state index in [0.29, 0.717) is 11.1 Å². The standard InChI is InChI=1S/C24H24N2O6S/c27-14-17-19(31-21(28)15-8-3-1-4-9-15)20(32-22(29)16-10-5-2-6-11-16)18-23(30-17)33-24(25-18)26-12-7-13-26/h1-6,8-11,17-20,23,27H,7,12-14H2/t17-,18-,19-,20-,23-/m1/s1. The molecule has 0 unspecified atom stereocenters. The number of aliphatic imine (C=N–C) groups is 1. The Morgan fingerprint density at radius 1 is 0.970 bits per heavy atom. The van der Waals surface area contributed by atoms with Gasteiger partial charge in [0.05, 0.1) is 17.7 Å². The van der Waals surface area contributed by atoms with Crippen molar-refractivity contribution in [3.05, 3.63) is 71.8 Å². The number of hydrogen-bond acceptors (Lipinski definition) is 9. The Morgan fingerprint density at radius 3 is 2.06 bits per heavy atom. The molecule has 0 aliphatic carbocycles. The molecule has 172 valence electrons. The third-order valence-electron chi connectivity index (χ3n) is 5.91. The second-order valence-electron chi connectivity index (χ2n) is 8.06. The molecule has 9 heteroatoms. The van der Waals surface area contributed by atoms with Crippen LogP contribution in [-0.4, -0.2) is 76.6 Å². The number of carbonyl (C=O) groups excluding carboxylic acids is 2. The molecule has 3 heterocycles. The zero-order valence-corrected chi connectivity index (χ0v) is 18.6. The second kappa shape index (κ2) is 9.54. The molecule has 2 fully saturated rings. The van der Waals surface area contributed by atoms with Crippen molar-refractivity contribution in [3.8, 4) is 0 Å². The summed E-state index contributed by atoms with van der Waals surface area (Å²) >= 11 is 1.45. The summed E-state index contributed by atoms with van der Waals surface area (Å²) in [5.41, 5.74) is 0.292. The monoisotopic (exact) mass is 468 g/mol. The van der Waals surface area contributed by atoms with Crippen molar-refractivity contribution in [2.24, 2.45) is 4.99 Å². The van der Waals surface area contributed by atoms with Crippen molar-refractivity contribution < 1.29 is 28.9 Å². The Morgan fingerprint density at radius 2 is 1.55 bits per heavy atom. The van der Waals surface area contributed by atoms with E-state index in [9.17, 15) is 14.7 Å². The lowest BCUT2D eigenvalue weighted by Crippen LogP contribution is -2.59. The first-order valence-corrected chi connectivity index (χ1v) is 11.8. The first-order chi connectivity index (χ1) is 16.1. The molecule has 8 nitrogen and oxygen atoms in total. The van der Waals surface area contributed by atoms with Crippen LogP contribution in [0.25, 0.3) is 0 Å². The van der Waals surface area contributed by atoms with Crippen LogP contribution in [0.4, 0.5) is 0 Å². The summed E-state index contributed by atoms with van der Waals surface area (Å²) in [6.07, 6.45) is -1.69. The van der Waals surface area contributed by atoms with Gasteiger partial charge in [-0.2, -0.15) is 0 Å². The van der Waals surface area contributed by atoms with E-state index in [4.69, 9.17) is 19.2 Å². The van der Waals surface area contributed by atoms with Crippen molar-refractivity contribution in [3.63, 3.8) is 0 Å². The minimum absolute atomic E-state index is 0.356. The highest BCUT2D eigenvalue weighted by Crippen LogP contribution is 2.40. The Kier molecular flexibility index (Phi) is 6.34. The Bertz CT molecular complexity index is 1030. The fourth-order valence-corrected chi connectivity index (χ4v) is 5.28. The molecule has 2 aromatic carbocycles. The SMILES string of the molecule is O=C(O[C@@H]1[C@H]2N=C(N3CCC3)S[C@H]2O[C@H](CO)[C@H]1OC(=O)c1ccccc1)c1ccccc1. The van der Waals surface area contributed by atoms with E-state index in [0.717, 1.165) is 24.7 Å². The average molecular weight is 469 g/mol. The lowest BCUT2D eigenvalue weighted by molar-refractivity contribution is -0.168. The number of hydrogen-bond donors (Lipinski definition) is 1. The maximum Gasteiger partial charge on any atom is 0.338 e. The highest BCUT2D eigenvalue weighted by atomic mass is 32.2. The number of ether oxygens (including phenoxy) is 3. The van der Waals surface area contributed by atoms with Gasteiger partial charge in [-0.1, -0.05) is 48.2 Å². The van der Waals surface area contributed by atoms with E-state index < -0.39 is 48.3 Å². The summed E-state index contributed by atoms with van der Waals surface area (Å²) in [4.78, 5) is 32.7. The Labute approximate surface area is 195 Å². The summed E-state index contributed by atoms with van der Waals surface area (Å²) in [5.74, 6) is -1.13. The van der Waals surface area contributed by atoms with E-state index >= 15 is 0 Å². The lowest BCUT2D eigenvalue weighted by Gasteiger charge is -2.41. The number of benzene rings is 2. The minimum Gasteiger partial charge on any atom is -0.452 e. The molecule has 3 aliphatic rings. The first-order valence-electron chi connectivity index (χ1n) is 10.9. The molecular weight excluding hydrogens is 444 g/mol. The maximum absolute atomic E-state index is 12.9. The summed E-state index contributed by atoms with van der Waals surface area (Å²) in [6.45, 7) is 1.43. The van der Waals surface area contributed by atoms with Gasteiger partial charge in [-0.05, 0) is 30.7 Å². The van der Waals surface area contributed by atoms with Gasteiger partial charge in [-0.25, -0.2) is 9.59 Å². The van der Waals surface area contributed by atoms with Crippen LogP contribution in [0.2, 0.25) is 0 Å². The summed E-state index contributed by atoms with van der Waals surface area (Å²) < 4.78 is 17.8. The molecule has 0 amide bonds. The van der Waals surface area contributed by atoms with E-state index in [1.807, 2.05) is 6.07 Å². The maximum atomic E-state index is 12.9. The van der Waals surface area contributed by atoms with Crippen molar-refractivity contribution in [2.75, 3.05) is 19.7 Å². The molecule has 5 rings (SSSR count). The Balaban J connectivity index is 1.44. The van der Waals surface area contributed by atoms with Crippen molar-refractivity contribution in [1.29, 1.82) is 0 Å². The normalized spacial score (nSPS) is 28.3. The van der Waals surface area contributed by atoms with Gasteiger partial charge in [-0.3, -0.25) is 4.99 Å². The van der Waals surface area contributed by atoms with Gasteiger partial charge in [0, 0.05) is 13.1 Å². The third kappa shape index (κ3) is 4.48. The fourth-order valence-electron chi connectivity index (χ4n) is 4.01. The number of esters is 2. The zero-order chi connectivity index (χ0) is 22.8. The highest BCUT2D eigenvalue weighted by molar-refractivity contribution is 8.14. The fraction of sp³-hybridized carbons (Fsp3) is 0.375. The molecule has 0 radical (unpaired) electrons. The van der Waals surface area contributed by atoms with Gasteiger partial charge in [0.1, 0.15) is 17.6 Å². The zero-order valence-electron chi connectivity index (χ0n) is 17.8. The number of aliphatic hydroxyl groups is 1. The quantitative estimate of drug-likeness (QED) is 0.668. The van der Waals surface area contributed by atoms with Crippen LogP contribution in [0, 0.1) is 0 Å². The molecule has 0 bridgehead atoms. The number of fused-ring (bicyclic) bond motifs is 1. The first kappa shape index (κ1) is 21.9. The smallest absolute Gasteiger partial charge is 0.338 e. The van der Waals surface area contributed by atoms with E-state index in [1.54, 1.807) is 54.6 Å². The van der Waals surface area contributed by atoms with Crippen LogP contribution in [-0.2, 0) is 14.2 Å². The average Bonchev–Trinajstić information content (AvgIpc) is 3.23. The largest absolute Gasteiger partial charge is 0.452 e. The highest BCUT2D eigenvalue weighted by Gasteiger charge is 2.54. The number of carbonyl (C=O) groups is 2. The molecule has 2 saturated heterocycles. The summed E-state index contributed by atoms with van der Waals surface area (Å²) in [7, 11) is 0. The van der Waals surface area contributed by atoms with Crippen LogP contribution in [0.1, 0.15) is 27.1 Å². The van der Waals surface area contributed by atoms with Gasteiger partial charge in [-0.15, -0.1) is 0 Å². The van der Waals surface area contributed by atoms with Gasteiger partial charge < -0.3 is 24.2 Å². The van der Waals surface area contributed by atoms with Crippen LogP contribution in [0.3, 0.4) is 0 Å². The van der Waals surface area contributed by atoms with Crippen molar-refractivity contribution >= 4 is 28.9 Å². The molecule has 0 aromatic heterocycles.